The molecule has 0 aliphatic rings. The summed E-state index contributed by atoms with van der Waals surface area (Å²) in [5.74, 6) is 0.996. The van der Waals surface area contributed by atoms with Gasteiger partial charge in [0.05, 0.1) is 0 Å². The minimum atomic E-state index is 0.0444. The molecule has 2 N–H and O–H groups in total. The van der Waals surface area contributed by atoms with E-state index in [9.17, 15) is 0 Å². The van der Waals surface area contributed by atoms with Crippen LogP contribution in [0.15, 0.2) is 35.8 Å². The fourth-order valence-electron chi connectivity index (χ4n) is 1.74. The first-order chi connectivity index (χ1) is 8.66. The van der Waals surface area contributed by atoms with Crippen LogP contribution >= 0.6 is 11.3 Å². The number of rotatable bonds is 5. The van der Waals surface area contributed by atoms with Gasteiger partial charge in [-0.25, -0.2) is 4.98 Å². The second-order valence-corrected chi connectivity index (χ2v) is 5.52. The Balaban J connectivity index is 1.94. The van der Waals surface area contributed by atoms with E-state index in [2.05, 4.69) is 40.5 Å². The molecule has 2 rings (SSSR count). The molecule has 18 heavy (non-hydrogen) atoms. The molecule has 0 unspecified atom stereocenters. The lowest BCUT2D eigenvalue weighted by molar-refractivity contribution is 0.806. The highest BCUT2D eigenvalue weighted by molar-refractivity contribution is 7.09. The molecule has 0 aliphatic heterocycles. The molecule has 0 bridgehead atoms. The second-order valence-electron chi connectivity index (χ2n) is 4.49. The van der Waals surface area contributed by atoms with E-state index < -0.39 is 0 Å². The summed E-state index contributed by atoms with van der Waals surface area (Å²) in [6, 6.07) is 8.39. The van der Waals surface area contributed by atoms with Gasteiger partial charge in [-0.2, -0.15) is 0 Å². The zero-order valence-corrected chi connectivity index (χ0v) is 11.7. The topological polar surface area (TPSA) is 42.1 Å². The normalized spacial score (nSPS) is 12.4. The van der Waals surface area contributed by atoms with Crippen LogP contribution in [0, 0.1) is 0 Å². The molecule has 96 valence electrons. The third-order valence-electron chi connectivity index (χ3n) is 2.96. The molecule has 2 heterocycles. The van der Waals surface area contributed by atoms with Crippen LogP contribution < -0.4 is 10.6 Å². The third kappa shape index (κ3) is 3.31. The van der Waals surface area contributed by atoms with Gasteiger partial charge in [0, 0.05) is 30.7 Å². The Bertz CT molecular complexity index is 462. The van der Waals surface area contributed by atoms with Gasteiger partial charge in [-0.15, -0.1) is 11.3 Å². The van der Waals surface area contributed by atoms with Crippen molar-refractivity contribution in [3.8, 4) is 0 Å². The van der Waals surface area contributed by atoms with Crippen molar-refractivity contribution in [1.82, 2.24) is 4.98 Å². The number of hydrogen-bond acceptors (Lipinski definition) is 4. The maximum Gasteiger partial charge on any atom is 0.128 e. The molecule has 3 nitrogen and oxygen atoms in total. The standard InChI is InChI=1S/C14H19N3S/c1-11(15)12-5-6-14(16-10-12)17(2)8-7-13-4-3-9-18-13/h3-6,9-11H,7-8,15H2,1-2H3/t11-/m0/s1. The number of likely N-dealkylation sites (N-methyl/N-ethyl adjacent to an activating group) is 1. The van der Waals surface area contributed by atoms with Crippen LogP contribution in [0.4, 0.5) is 5.82 Å². The molecule has 2 aromatic heterocycles. The Hall–Kier alpha value is -1.39. The van der Waals surface area contributed by atoms with Crippen molar-refractivity contribution in [2.75, 3.05) is 18.5 Å². The van der Waals surface area contributed by atoms with Gasteiger partial charge in [0.1, 0.15) is 5.82 Å². The summed E-state index contributed by atoms with van der Waals surface area (Å²) in [5.41, 5.74) is 6.88. The van der Waals surface area contributed by atoms with Crippen molar-refractivity contribution in [3.05, 3.63) is 46.3 Å². The van der Waals surface area contributed by atoms with Gasteiger partial charge in [0.2, 0.25) is 0 Å². The molecule has 0 saturated heterocycles. The van der Waals surface area contributed by atoms with E-state index in [1.165, 1.54) is 4.88 Å². The molecule has 0 aromatic carbocycles. The SMILES string of the molecule is C[C@H](N)c1ccc(N(C)CCc2cccs2)nc1. The van der Waals surface area contributed by atoms with Crippen molar-refractivity contribution < 1.29 is 0 Å². The number of thiophene rings is 1. The molecule has 0 spiro atoms. The second kappa shape index (κ2) is 5.98. The molecule has 0 amide bonds. The summed E-state index contributed by atoms with van der Waals surface area (Å²) in [4.78, 5) is 8.03. The van der Waals surface area contributed by atoms with Crippen LogP contribution in [0.2, 0.25) is 0 Å². The van der Waals surface area contributed by atoms with Crippen LogP contribution in [0.3, 0.4) is 0 Å². The Kier molecular flexibility index (Phi) is 4.33. The van der Waals surface area contributed by atoms with Crippen molar-refractivity contribution in [2.24, 2.45) is 5.73 Å². The quantitative estimate of drug-likeness (QED) is 0.900. The lowest BCUT2D eigenvalue weighted by Gasteiger charge is -2.18. The molecular weight excluding hydrogens is 242 g/mol. The first kappa shape index (κ1) is 13.1. The Morgan fingerprint density at radius 3 is 2.78 bits per heavy atom. The highest BCUT2D eigenvalue weighted by Gasteiger charge is 2.05. The Labute approximate surface area is 112 Å². The summed E-state index contributed by atoms with van der Waals surface area (Å²) in [5, 5.41) is 2.12. The summed E-state index contributed by atoms with van der Waals surface area (Å²) in [6.45, 7) is 2.95. The van der Waals surface area contributed by atoms with Crippen molar-refractivity contribution in [2.45, 2.75) is 19.4 Å². The van der Waals surface area contributed by atoms with Crippen LogP contribution in [-0.2, 0) is 6.42 Å². The van der Waals surface area contributed by atoms with Crippen molar-refractivity contribution >= 4 is 17.2 Å². The van der Waals surface area contributed by atoms with Gasteiger partial charge in [0.15, 0.2) is 0 Å². The van der Waals surface area contributed by atoms with E-state index in [1.807, 2.05) is 19.2 Å². The molecule has 4 heteroatoms. The number of pyridine rings is 1. The summed E-state index contributed by atoms with van der Waals surface area (Å²) >= 11 is 1.80. The highest BCUT2D eigenvalue weighted by Crippen LogP contribution is 2.15. The van der Waals surface area contributed by atoms with Gasteiger partial charge in [-0.1, -0.05) is 12.1 Å². The molecule has 2 aromatic rings. The lowest BCUT2D eigenvalue weighted by Crippen LogP contribution is -2.21. The zero-order valence-electron chi connectivity index (χ0n) is 10.8. The number of hydrogen-bond donors (Lipinski definition) is 1. The molecule has 0 fully saturated rings. The predicted molar refractivity (Wildman–Crippen MR) is 78.1 cm³/mol. The minimum absolute atomic E-state index is 0.0444. The van der Waals surface area contributed by atoms with E-state index >= 15 is 0 Å². The Morgan fingerprint density at radius 2 is 2.22 bits per heavy atom. The van der Waals surface area contributed by atoms with Gasteiger partial charge in [-0.05, 0) is 36.4 Å². The maximum absolute atomic E-state index is 5.81. The smallest absolute Gasteiger partial charge is 0.128 e. The molecule has 0 radical (unpaired) electrons. The van der Waals surface area contributed by atoms with E-state index in [1.54, 1.807) is 11.3 Å². The first-order valence-corrected chi connectivity index (χ1v) is 7.00. The fourth-order valence-corrected chi connectivity index (χ4v) is 2.44. The largest absolute Gasteiger partial charge is 0.359 e. The number of aromatic nitrogens is 1. The molecular formula is C14H19N3S. The van der Waals surface area contributed by atoms with Gasteiger partial charge in [0.25, 0.3) is 0 Å². The maximum atomic E-state index is 5.81. The molecule has 0 saturated carbocycles. The van der Waals surface area contributed by atoms with Crippen LogP contribution in [-0.4, -0.2) is 18.6 Å². The average molecular weight is 261 g/mol. The molecule has 1 atom stereocenters. The first-order valence-electron chi connectivity index (χ1n) is 6.12. The summed E-state index contributed by atoms with van der Waals surface area (Å²) < 4.78 is 0. The predicted octanol–water partition coefficient (Wildman–Crippen LogP) is 2.84. The number of nitrogens with two attached hydrogens (primary N) is 1. The number of nitrogens with zero attached hydrogens (tertiary/aromatic N) is 2. The van der Waals surface area contributed by atoms with Gasteiger partial charge < -0.3 is 10.6 Å². The fraction of sp³-hybridized carbons (Fsp3) is 0.357. The van der Waals surface area contributed by atoms with Crippen LogP contribution in [0.5, 0.6) is 0 Å². The average Bonchev–Trinajstić information content (AvgIpc) is 2.89. The molecule has 0 aliphatic carbocycles. The van der Waals surface area contributed by atoms with Crippen LogP contribution in [0.25, 0.3) is 0 Å². The van der Waals surface area contributed by atoms with E-state index in [-0.39, 0.29) is 6.04 Å². The van der Waals surface area contributed by atoms with Gasteiger partial charge in [-0.3, -0.25) is 0 Å². The summed E-state index contributed by atoms with van der Waals surface area (Å²) in [6.07, 6.45) is 2.92. The minimum Gasteiger partial charge on any atom is -0.359 e. The third-order valence-corrected chi connectivity index (χ3v) is 3.90. The number of anilines is 1. The van der Waals surface area contributed by atoms with E-state index in [0.717, 1.165) is 24.3 Å². The van der Waals surface area contributed by atoms with Crippen molar-refractivity contribution in [3.63, 3.8) is 0 Å². The van der Waals surface area contributed by atoms with Crippen molar-refractivity contribution in [1.29, 1.82) is 0 Å². The van der Waals surface area contributed by atoms with E-state index in [4.69, 9.17) is 5.73 Å². The Morgan fingerprint density at radius 1 is 1.39 bits per heavy atom. The van der Waals surface area contributed by atoms with E-state index in [0.29, 0.717) is 0 Å². The van der Waals surface area contributed by atoms with Crippen LogP contribution in [0.1, 0.15) is 23.4 Å². The zero-order chi connectivity index (χ0) is 13.0. The van der Waals surface area contributed by atoms with Gasteiger partial charge >= 0.3 is 0 Å². The highest BCUT2D eigenvalue weighted by atomic mass is 32.1. The monoisotopic (exact) mass is 261 g/mol. The summed E-state index contributed by atoms with van der Waals surface area (Å²) in [7, 11) is 2.07. The lowest BCUT2D eigenvalue weighted by atomic mass is 10.1.